The van der Waals surface area contributed by atoms with Crippen molar-refractivity contribution in [3.63, 3.8) is 0 Å². The fraction of sp³-hybridized carbons (Fsp3) is 0.911. The minimum Gasteiger partial charge on any atom is -0.462 e. The van der Waals surface area contributed by atoms with Crippen molar-refractivity contribution in [2.45, 2.75) is 235 Å². The molecule has 60 heavy (non-hydrogen) atoms. The summed E-state index contributed by atoms with van der Waals surface area (Å²) in [5.74, 6) is -0.949. The lowest BCUT2D eigenvalue weighted by Gasteiger charge is -2.42. The topological polar surface area (TPSA) is 231 Å². The van der Waals surface area contributed by atoms with Crippen molar-refractivity contribution >= 4 is 11.9 Å². The number of allylic oxidation sites excluding steroid dienone is 2. The van der Waals surface area contributed by atoms with Crippen LogP contribution in [0.15, 0.2) is 12.2 Å². The van der Waals surface area contributed by atoms with Gasteiger partial charge in [0.05, 0.1) is 19.8 Å². The van der Waals surface area contributed by atoms with Gasteiger partial charge in [0.1, 0.15) is 55.4 Å². The molecule has 2 rings (SSSR count). The summed E-state index contributed by atoms with van der Waals surface area (Å²) in [7, 11) is 0. The van der Waals surface area contributed by atoms with Crippen LogP contribution in [0.4, 0.5) is 0 Å². The second kappa shape index (κ2) is 33.8. The third-order valence-corrected chi connectivity index (χ3v) is 11.2. The molecule has 0 radical (unpaired) electrons. The number of carbonyl (C=O) groups is 2. The average molecular weight is 863 g/mol. The average Bonchev–Trinajstić information content (AvgIpc) is 3.24. The van der Waals surface area contributed by atoms with Crippen molar-refractivity contribution in [2.24, 2.45) is 0 Å². The van der Waals surface area contributed by atoms with Crippen LogP contribution in [0.1, 0.15) is 168 Å². The molecule has 0 amide bonds. The summed E-state index contributed by atoms with van der Waals surface area (Å²) in [6.45, 7) is 2.53. The molecule has 352 valence electrons. The van der Waals surface area contributed by atoms with Crippen LogP contribution in [0.5, 0.6) is 0 Å². The Labute approximate surface area is 359 Å². The summed E-state index contributed by atoms with van der Waals surface area (Å²) in [4.78, 5) is 25.5. The van der Waals surface area contributed by atoms with Gasteiger partial charge in [0.2, 0.25) is 0 Å². The normalized spacial score (nSPS) is 27.6. The maximum absolute atomic E-state index is 12.9. The van der Waals surface area contributed by atoms with Crippen molar-refractivity contribution in [3.05, 3.63) is 12.2 Å². The highest BCUT2D eigenvalue weighted by molar-refractivity contribution is 5.70. The largest absolute Gasteiger partial charge is 0.462 e. The highest BCUT2D eigenvalue weighted by Crippen LogP contribution is 2.26. The summed E-state index contributed by atoms with van der Waals surface area (Å²) in [5.41, 5.74) is 0. The monoisotopic (exact) mass is 863 g/mol. The Balaban J connectivity index is 1.85. The smallest absolute Gasteiger partial charge is 0.306 e. The molecule has 15 nitrogen and oxygen atoms in total. The number of rotatable bonds is 35. The predicted molar refractivity (Wildman–Crippen MR) is 224 cm³/mol. The van der Waals surface area contributed by atoms with Crippen LogP contribution in [0.25, 0.3) is 0 Å². The SMILES string of the molecule is CCCCCCCCCCC/C=C/CCCCC(=O)O[C@H](COC(=O)CCCCCCCCCCC)CO[C@@H]1O[C@H](CO[C@@H]2O[C@H](CO)[C@H](O)C(O)C2O)[C@H](O)C(O)C1O. The number of ether oxygens (including phenoxy) is 6. The first kappa shape index (κ1) is 54.4. The molecule has 0 saturated carbocycles. The molecule has 2 heterocycles. The van der Waals surface area contributed by atoms with Crippen LogP contribution in [0.2, 0.25) is 0 Å². The lowest BCUT2D eigenvalue weighted by molar-refractivity contribution is -0.332. The fourth-order valence-electron chi connectivity index (χ4n) is 7.33. The summed E-state index contributed by atoms with van der Waals surface area (Å²) in [6, 6.07) is 0. The summed E-state index contributed by atoms with van der Waals surface area (Å²) >= 11 is 0. The van der Waals surface area contributed by atoms with E-state index in [4.69, 9.17) is 28.4 Å². The Morgan fingerprint density at radius 1 is 0.517 bits per heavy atom. The van der Waals surface area contributed by atoms with E-state index < -0.39 is 92.7 Å². The van der Waals surface area contributed by atoms with Crippen LogP contribution in [-0.2, 0) is 38.0 Å². The van der Waals surface area contributed by atoms with E-state index in [9.17, 15) is 45.3 Å². The predicted octanol–water partition coefficient (Wildman–Crippen LogP) is 5.04. The van der Waals surface area contributed by atoms with E-state index in [1.54, 1.807) is 0 Å². The second-order valence-electron chi connectivity index (χ2n) is 16.6. The second-order valence-corrected chi connectivity index (χ2v) is 16.6. The summed E-state index contributed by atoms with van der Waals surface area (Å²) < 4.78 is 33.4. The maximum atomic E-state index is 12.9. The van der Waals surface area contributed by atoms with Gasteiger partial charge in [-0.3, -0.25) is 9.59 Å². The lowest BCUT2D eigenvalue weighted by Crippen LogP contribution is -2.61. The van der Waals surface area contributed by atoms with Gasteiger partial charge in [-0.25, -0.2) is 0 Å². The van der Waals surface area contributed by atoms with Crippen molar-refractivity contribution in [2.75, 3.05) is 26.4 Å². The third kappa shape index (κ3) is 22.5. The Kier molecular flexibility index (Phi) is 30.6. The van der Waals surface area contributed by atoms with Gasteiger partial charge >= 0.3 is 11.9 Å². The Hall–Kier alpha value is -1.76. The van der Waals surface area contributed by atoms with Gasteiger partial charge < -0.3 is 64.2 Å². The molecule has 0 bridgehead atoms. The van der Waals surface area contributed by atoms with Gasteiger partial charge in [-0.1, -0.05) is 129 Å². The van der Waals surface area contributed by atoms with Gasteiger partial charge in [-0.15, -0.1) is 0 Å². The van der Waals surface area contributed by atoms with E-state index in [0.29, 0.717) is 12.8 Å². The first-order valence-corrected chi connectivity index (χ1v) is 23.3. The number of hydrogen-bond donors (Lipinski definition) is 7. The standard InChI is InChI=1S/C45H82O15/c1-3-5-7-9-11-13-14-15-16-17-18-20-22-24-26-28-37(48)58-33(30-55-36(47)27-25-23-21-19-12-10-8-6-4-2)31-56-44-43(54)41(52)39(50)35(60-44)32-57-45-42(53)40(51)38(49)34(29-46)59-45/h18,20,33-35,38-46,49-54H,3-17,19,21-32H2,1-2H3/b20-18+/t33-,34-,35-,38+,39+,40?,41?,42?,43?,44-,45-/m1/s1. The Bertz CT molecular complexity index is 1110. The molecule has 0 aromatic heterocycles. The van der Waals surface area contributed by atoms with Crippen LogP contribution in [-0.4, -0.2) is 142 Å². The molecular formula is C45H82O15. The molecule has 0 spiro atoms. The number of aliphatic hydroxyl groups excluding tert-OH is 7. The van der Waals surface area contributed by atoms with Gasteiger partial charge in [-0.2, -0.15) is 0 Å². The van der Waals surface area contributed by atoms with Gasteiger partial charge in [-0.05, 0) is 38.5 Å². The molecule has 2 fully saturated rings. The third-order valence-electron chi connectivity index (χ3n) is 11.2. The Morgan fingerprint density at radius 2 is 0.950 bits per heavy atom. The van der Waals surface area contributed by atoms with E-state index in [0.717, 1.165) is 38.5 Å². The minimum atomic E-state index is -1.76. The van der Waals surface area contributed by atoms with Crippen molar-refractivity contribution in [1.29, 1.82) is 0 Å². The molecule has 4 unspecified atom stereocenters. The van der Waals surface area contributed by atoms with Gasteiger partial charge in [0, 0.05) is 12.8 Å². The quantitative estimate of drug-likeness (QED) is 0.0252. The molecule has 2 aliphatic heterocycles. The molecule has 0 aromatic carbocycles. The van der Waals surface area contributed by atoms with Gasteiger partial charge in [0.15, 0.2) is 18.7 Å². The molecule has 15 heteroatoms. The Morgan fingerprint density at radius 3 is 1.50 bits per heavy atom. The number of aliphatic hydroxyl groups is 7. The maximum Gasteiger partial charge on any atom is 0.306 e. The van der Waals surface area contributed by atoms with E-state index in [1.165, 1.54) is 89.9 Å². The number of esters is 2. The van der Waals surface area contributed by atoms with Crippen LogP contribution in [0, 0.1) is 0 Å². The highest BCUT2D eigenvalue weighted by Gasteiger charge is 2.47. The van der Waals surface area contributed by atoms with Gasteiger partial charge in [0.25, 0.3) is 0 Å². The zero-order chi connectivity index (χ0) is 44.0. The number of carbonyl (C=O) groups excluding carboxylic acids is 2. The number of unbranched alkanes of at least 4 members (excludes halogenated alkanes) is 19. The fourth-order valence-corrected chi connectivity index (χ4v) is 7.33. The van der Waals surface area contributed by atoms with E-state index in [2.05, 4.69) is 26.0 Å². The molecular weight excluding hydrogens is 780 g/mol. The minimum absolute atomic E-state index is 0.139. The highest BCUT2D eigenvalue weighted by atomic mass is 16.7. The summed E-state index contributed by atoms with van der Waals surface area (Å²) in [5, 5.41) is 71.8. The van der Waals surface area contributed by atoms with Crippen LogP contribution >= 0.6 is 0 Å². The van der Waals surface area contributed by atoms with Crippen molar-refractivity contribution in [1.82, 2.24) is 0 Å². The first-order chi connectivity index (χ1) is 29.0. The van der Waals surface area contributed by atoms with Crippen molar-refractivity contribution in [3.8, 4) is 0 Å². The van der Waals surface area contributed by atoms with E-state index in [-0.39, 0.29) is 26.1 Å². The zero-order valence-corrected chi connectivity index (χ0v) is 36.7. The summed E-state index contributed by atoms with van der Waals surface area (Å²) in [6.07, 6.45) is 12.7. The zero-order valence-electron chi connectivity index (χ0n) is 36.7. The van der Waals surface area contributed by atoms with Crippen molar-refractivity contribution < 1.29 is 73.8 Å². The van der Waals surface area contributed by atoms with E-state index in [1.807, 2.05) is 0 Å². The molecule has 0 aromatic rings. The molecule has 2 aliphatic rings. The molecule has 2 saturated heterocycles. The first-order valence-electron chi connectivity index (χ1n) is 23.3. The van der Waals surface area contributed by atoms with Crippen LogP contribution < -0.4 is 0 Å². The molecule has 7 N–H and O–H groups in total. The van der Waals surface area contributed by atoms with Crippen LogP contribution in [0.3, 0.4) is 0 Å². The van der Waals surface area contributed by atoms with E-state index >= 15 is 0 Å². The number of hydrogen-bond acceptors (Lipinski definition) is 15. The lowest BCUT2D eigenvalue weighted by atomic mass is 9.98. The molecule has 11 atom stereocenters. The molecule has 0 aliphatic carbocycles.